The van der Waals surface area contributed by atoms with Crippen LogP contribution in [0.4, 0.5) is 0 Å². The molecular formula is C21H28N2O6S. The number of ether oxygens (including phenoxy) is 3. The van der Waals surface area contributed by atoms with Gasteiger partial charge in [0, 0.05) is 13.6 Å². The van der Waals surface area contributed by atoms with Gasteiger partial charge >= 0.3 is 0 Å². The van der Waals surface area contributed by atoms with Gasteiger partial charge in [-0.15, -0.1) is 0 Å². The van der Waals surface area contributed by atoms with Crippen molar-refractivity contribution in [2.75, 3.05) is 34.4 Å². The van der Waals surface area contributed by atoms with E-state index in [4.69, 9.17) is 14.2 Å². The van der Waals surface area contributed by atoms with Gasteiger partial charge in [-0.1, -0.05) is 6.07 Å². The Kier molecular flexibility index (Phi) is 8.08. The van der Waals surface area contributed by atoms with Gasteiger partial charge in [-0.3, -0.25) is 4.79 Å². The number of carbonyl (C=O) groups excluding carboxylic acids is 1. The molecule has 9 heteroatoms. The fourth-order valence-electron chi connectivity index (χ4n) is 2.81. The second kappa shape index (κ2) is 10.3. The van der Waals surface area contributed by atoms with Crippen LogP contribution in [-0.2, 0) is 21.4 Å². The van der Waals surface area contributed by atoms with Crippen molar-refractivity contribution in [2.24, 2.45) is 0 Å². The Bertz CT molecular complexity index is 991. The molecule has 30 heavy (non-hydrogen) atoms. The second-order valence-electron chi connectivity index (χ2n) is 6.59. The van der Waals surface area contributed by atoms with Gasteiger partial charge in [0.1, 0.15) is 5.75 Å². The van der Waals surface area contributed by atoms with E-state index in [0.717, 1.165) is 9.87 Å². The maximum atomic E-state index is 12.8. The first kappa shape index (κ1) is 23.5. The number of sulfonamides is 1. The van der Waals surface area contributed by atoms with E-state index in [1.807, 2.05) is 6.92 Å². The predicted octanol–water partition coefficient (Wildman–Crippen LogP) is 2.35. The van der Waals surface area contributed by atoms with Crippen molar-refractivity contribution in [3.63, 3.8) is 0 Å². The summed E-state index contributed by atoms with van der Waals surface area (Å²) >= 11 is 0. The molecule has 2 aromatic rings. The lowest BCUT2D eigenvalue weighted by Gasteiger charge is -2.18. The normalized spacial score (nSPS) is 11.3. The van der Waals surface area contributed by atoms with Crippen molar-refractivity contribution in [1.82, 2.24) is 9.62 Å². The minimum absolute atomic E-state index is 0.110. The topological polar surface area (TPSA) is 94.2 Å². The van der Waals surface area contributed by atoms with Crippen LogP contribution in [0.1, 0.15) is 18.1 Å². The molecule has 0 fully saturated rings. The van der Waals surface area contributed by atoms with Crippen LogP contribution < -0.4 is 19.5 Å². The Hall–Kier alpha value is -2.78. The first-order valence-electron chi connectivity index (χ1n) is 9.40. The number of amides is 1. The molecule has 0 aliphatic rings. The number of nitrogens with one attached hydrogen (secondary N) is 1. The molecule has 0 unspecified atom stereocenters. The monoisotopic (exact) mass is 436 g/mol. The van der Waals surface area contributed by atoms with E-state index in [-0.39, 0.29) is 18.0 Å². The minimum Gasteiger partial charge on any atom is -0.494 e. The lowest BCUT2D eigenvalue weighted by atomic mass is 10.2. The summed E-state index contributed by atoms with van der Waals surface area (Å²) in [6.07, 6.45) is 0. The molecule has 0 saturated carbocycles. The summed E-state index contributed by atoms with van der Waals surface area (Å²) in [6.45, 7) is 4.06. The second-order valence-corrected chi connectivity index (χ2v) is 8.63. The van der Waals surface area contributed by atoms with Crippen LogP contribution >= 0.6 is 0 Å². The molecule has 1 amide bonds. The van der Waals surface area contributed by atoms with Gasteiger partial charge in [0.25, 0.3) is 0 Å². The van der Waals surface area contributed by atoms with Gasteiger partial charge in [-0.05, 0) is 55.3 Å². The molecule has 164 valence electrons. The summed E-state index contributed by atoms with van der Waals surface area (Å²) in [5.74, 6) is 1.35. The number of benzene rings is 2. The van der Waals surface area contributed by atoms with Gasteiger partial charge < -0.3 is 19.5 Å². The van der Waals surface area contributed by atoms with Crippen LogP contribution in [0.25, 0.3) is 0 Å². The zero-order valence-corrected chi connectivity index (χ0v) is 18.7. The van der Waals surface area contributed by atoms with E-state index in [1.165, 1.54) is 20.2 Å². The van der Waals surface area contributed by atoms with Crippen molar-refractivity contribution in [3.8, 4) is 17.2 Å². The van der Waals surface area contributed by atoms with E-state index in [9.17, 15) is 13.2 Å². The van der Waals surface area contributed by atoms with Gasteiger partial charge in [0.2, 0.25) is 15.9 Å². The van der Waals surface area contributed by atoms with E-state index < -0.39 is 15.9 Å². The highest BCUT2D eigenvalue weighted by atomic mass is 32.2. The average molecular weight is 437 g/mol. The number of nitrogens with zero attached hydrogens (tertiary/aromatic N) is 1. The van der Waals surface area contributed by atoms with Gasteiger partial charge in [-0.25, -0.2) is 8.42 Å². The Morgan fingerprint density at radius 1 is 1.03 bits per heavy atom. The summed E-state index contributed by atoms with van der Waals surface area (Å²) in [4.78, 5) is 12.4. The molecule has 0 aliphatic carbocycles. The Morgan fingerprint density at radius 2 is 1.70 bits per heavy atom. The number of methoxy groups -OCH3 is 2. The largest absolute Gasteiger partial charge is 0.494 e. The van der Waals surface area contributed by atoms with Crippen LogP contribution in [0.5, 0.6) is 17.2 Å². The molecule has 0 saturated heterocycles. The van der Waals surface area contributed by atoms with E-state index in [0.29, 0.717) is 29.4 Å². The van der Waals surface area contributed by atoms with E-state index >= 15 is 0 Å². The molecule has 8 nitrogen and oxygen atoms in total. The number of hydrogen-bond donors (Lipinski definition) is 1. The smallest absolute Gasteiger partial charge is 0.243 e. The zero-order chi connectivity index (χ0) is 22.3. The summed E-state index contributed by atoms with van der Waals surface area (Å²) in [7, 11) is 0.635. The molecule has 0 heterocycles. The molecule has 0 radical (unpaired) electrons. The minimum atomic E-state index is -3.81. The van der Waals surface area contributed by atoms with E-state index in [1.54, 1.807) is 44.4 Å². The van der Waals surface area contributed by atoms with Crippen molar-refractivity contribution in [1.29, 1.82) is 0 Å². The van der Waals surface area contributed by atoms with Crippen LogP contribution in [0, 0.1) is 6.92 Å². The highest BCUT2D eigenvalue weighted by Crippen LogP contribution is 2.27. The number of likely N-dealkylation sites (N-methyl/N-ethyl adjacent to an activating group) is 1. The highest BCUT2D eigenvalue weighted by Gasteiger charge is 2.23. The van der Waals surface area contributed by atoms with Crippen molar-refractivity contribution in [2.45, 2.75) is 25.3 Å². The molecular weight excluding hydrogens is 408 g/mol. The first-order chi connectivity index (χ1) is 14.2. The summed E-state index contributed by atoms with van der Waals surface area (Å²) in [5.41, 5.74) is 1.51. The highest BCUT2D eigenvalue weighted by molar-refractivity contribution is 7.89. The van der Waals surface area contributed by atoms with Crippen molar-refractivity contribution in [3.05, 3.63) is 47.5 Å². The molecule has 2 rings (SSSR count). The molecule has 0 atom stereocenters. The molecule has 0 spiro atoms. The Labute approximate surface area is 177 Å². The lowest BCUT2D eigenvalue weighted by molar-refractivity contribution is -0.121. The van der Waals surface area contributed by atoms with Crippen molar-refractivity contribution >= 4 is 15.9 Å². The molecule has 0 bridgehead atoms. The third-order valence-corrected chi connectivity index (χ3v) is 6.26. The number of rotatable bonds is 10. The molecule has 0 aromatic heterocycles. The van der Waals surface area contributed by atoms with E-state index in [2.05, 4.69) is 5.32 Å². The van der Waals surface area contributed by atoms with Gasteiger partial charge in [0.15, 0.2) is 11.5 Å². The maximum Gasteiger partial charge on any atom is 0.243 e. The number of carbonyl (C=O) groups is 1. The van der Waals surface area contributed by atoms with Crippen molar-refractivity contribution < 1.29 is 27.4 Å². The lowest BCUT2D eigenvalue weighted by Crippen LogP contribution is -2.38. The summed E-state index contributed by atoms with van der Waals surface area (Å²) < 4.78 is 42.5. The quantitative estimate of drug-likeness (QED) is 0.614. The standard InChI is InChI=1S/C21H28N2O6S/c1-6-29-18-10-8-17(11-15(18)2)30(25,26)23(3)14-21(24)22-13-16-7-9-19(27-4)20(12-16)28-5/h7-12H,6,13-14H2,1-5H3,(H,22,24). The predicted molar refractivity (Wildman–Crippen MR) is 114 cm³/mol. The fourth-order valence-corrected chi connectivity index (χ4v) is 4.03. The molecule has 1 N–H and O–H groups in total. The van der Waals surface area contributed by atoms with Gasteiger partial charge in [0.05, 0.1) is 32.3 Å². The third-order valence-electron chi connectivity index (χ3n) is 4.46. The zero-order valence-electron chi connectivity index (χ0n) is 17.9. The first-order valence-corrected chi connectivity index (χ1v) is 10.8. The van der Waals surface area contributed by atoms with Crippen LogP contribution in [0.15, 0.2) is 41.3 Å². The molecule has 0 aliphatic heterocycles. The maximum absolute atomic E-state index is 12.8. The Morgan fingerprint density at radius 3 is 2.30 bits per heavy atom. The van der Waals surface area contributed by atoms with Crippen LogP contribution in [0.3, 0.4) is 0 Å². The van der Waals surface area contributed by atoms with Crippen LogP contribution in [0.2, 0.25) is 0 Å². The molecule has 2 aromatic carbocycles. The number of hydrogen-bond acceptors (Lipinski definition) is 6. The summed E-state index contributed by atoms with van der Waals surface area (Å²) in [6, 6.07) is 9.93. The fraction of sp³-hybridized carbons (Fsp3) is 0.381. The third kappa shape index (κ3) is 5.64. The SMILES string of the molecule is CCOc1ccc(S(=O)(=O)N(C)CC(=O)NCc2ccc(OC)c(OC)c2)cc1C. The van der Waals surface area contributed by atoms with Crippen LogP contribution in [-0.4, -0.2) is 53.0 Å². The Balaban J connectivity index is 2.01. The summed E-state index contributed by atoms with van der Waals surface area (Å²) in [5, 5.41) is 2.72. The average Bonchev–Trinajstić information content (AvgIpc) is 2.73. The number of aryl methyl sites for hydroxylation is 1. The van der Waals surface area contributed by atoms with Gasteiger partial charge in [-0.2, -0.15) is 4.31 Å².